The van der Waals surface area contributed by atoms with Crippen molar-refractivity contribution < 1.29 is 4.79 Å². The lowest BCUT2D eigenvalue weighted by Gasteiger charge is -2.31. The fraction of sp³-hybridized carbons (Fsp3) is 0.240. The first kappa shape index (κ1) is 19.0. The van der Waals surface area contributed by atoms with Crippen molar-refractivity contribution in [1.82, 2.24) is 14.8 Å². The number of benzene rings is 2. The molecule has 1 aliphatic carbocycles. The number of fused-ring (bicyclic) bond motifs is 2. The fourth-order valence-electron chi connectivity index (χ4n) is 4.51. The highest BCUT2D eigenvalue weighted by Crippen LogP contribution is 2.43. The summed E-state index contributed by atoms with van der Waals surface area (Å²) in [4.78, 5) is 18.3. The molecule has 0 amide bonds. The third kappa shape index (κ3) is 3.03. The quantitative estimate of drug-likeness (QED) is 0.391. The number of aryl methyl sites for hydroxylation is 1. The van der Waals surface area contributed by atoms with Crippen molar-refractivity contribution in [3.63, 3.8) is 0 Å². The van der Waals surface area contributed by atoms with Crippen molar-refractivity contribution in [2.24, 2.45) is 5.41 Å². The van der Waals surface area contributed by atoms with E-state index in [4.69, 9.17) is 21.7 Å². The van der Waals surface area contributed by atoms with E-state index in [1.165, 1.54) is 0 Å². The van der Waals surface area contributed by atoms with Crippen molar-refractivity contribution >= 4 is 28.4 Å². The molecule has 150 valence electrons. The molecule has 0 atom stereocenters. The Morgan fingerprint density at radius 1 is 1.00 bits per heavy atom. The van der Waals surface area contributed by atoms with Crippen molar-refractivity contribution in [3.05, 3.63) is 76.6 Å². The van der Waals surface area contributed by atoms with Crippen LogP contribution >= 0.6 is 11.6 Å². The summed E-state index contributed by atoms with van der Waals surface area (Å²) >= 11 is 6.33. The number of nitrogens with zero attached hydrogens (tertiary/aromatic N) is 3. The molecule has 0 saturated heterocycles. The van der Waals surface area contributed by atoms with Gasteiger partial charge in [-0.25, -0.2) is 9.67 Å². The summed E-state index contributed by atoms with van der Waals surface area (Å²) in [7, 11) is 0. The van der Waals surface area contributed by atoms with Crippen LogP contribution in [0.25, 0.3) is 27.8 Å². The third-order valence-corrected chi connectivity index (χ3v) is 5.98. The smallest absolute Gasteiger partial charge is 0.165 e. The first-order valence-corrected chi connectivity index (χ1v) is 10.5. The molecular weight excluding hydrogens is 394 g/mol. The molecule has 2 heterocycles. The van der Waals surface area contributed by atoms with Crippen molar-refractivity contribution in [1.29, 1.82) is 0 Å². The van der Waals surface area contributed by atoms with E-state index in [0.717, 1.165) is 51.2 Å². The van der Waals surface area contributed by atoms with E-state index in [1.54, 1.807) is 0 Å². The van der Waals surface area contributed by atoms with Crippen LogP contribution in [0.2, 0.25) is 5.02 Å². The second-order valence-corrected chi connectivity index (χ2v) is 9.23. The second kappa shape index (κ2) is 6.78. The first-order chi connectivity index (χ1) is 14.3. The maximum Gasteiger partial charge on any atom is 0.165 e. The van der Waals surface area contributed by atoms with Gasteiger partial charge in [-0.1, -0.05) is 55.8 Å². The van der Waals surface area contributed by atoms with Gasteiger partial charge in [0.05, 0.1) is 22.5 Å². The molecule has 1 aliphatic rings. The minimum absolute atomic E-state index is 0.122. The SMILES string of the molecule is Cc1nn(-c2ccccc2)c2nc3c(c(-c4cccc(Cl)c4)c12)C(=O)CC(C)(C)C3. The summed E-state index contributed by atoms with van der Waals surface area (Å²) in [6.45, 7) is 6.22. The van der Waals surface area contributed by atoms with Gasteiger partial charge in [0.25, 0.3) is 0 Å². The maximum absolute atomic E-state index is 13.3. The molecule has 4 aromatic rings. The third-order valence-electron chi connectivity index (χ3n) is 5.74. The van der Waals surface area contributed by atoms with Crippen molar-refractivity contribution in [3.8, 4) is 16.8 Å². The Morgan fingerprint density at radius 3 is 2.50 bits per heavy atom. The highest BCUT2D eigenvalue weighted by atomic mass is 35.5. The molecule has 30 heavy (non-hydrogen) atoms. The van der Waals surface area contributed by atoms with Gasteiger partial charge in [-0.3, -0.25) is 4.79 Å². The number of aromatic nitrogens is 3. The number of hydrogen-bond donors (Lipinski definition) is 0. The van der Waals surface area contributed by atoms with Gasteiger partial charge in [-0.15, -0.1) is 0 Å². The summed E-state index contributed by atoms with van der Waals surface area (Å²) in [5.41, 5.74) is 5.84. The van der Waals surface area contributed by atoms with Crippen molar-refractivity contribution in [2.45, 2.75) is 33.6 Å². The zero-order chi connectivity index (χ0) is 21.0. The minimum atomic E-state index is -0.122. The van der Waals surface area contributed by atoms with E-state index in [0.29, 0.717) is 11.4 Å². The van der Waals surface area contributed by atoms with E-state index in [-0.39, 0.29) is 11.2 Å². The predicted octanol–water partition coefficient (Wildman–Crippen LogP) is 6.20. The Bertz CT molecular complexity index is 1310. The number of ketones is 1. The van der Waals surface area contributed by atoms with Crippen LogP contribution in [0.15, 0.2) is 54.6 Å². The van der Waals surface area contributed by atoms with Gasteiger partial charge >= 0.3 is 0 Å². The number of Topliss-reactive ketones (excluding diaryl/α,β-unsaturated/α-hetero) is 1. The molecule has 0 fully saturated rings. The number of hydrogen-bond acceptors (Lipinski definition) is 3. The Balaban J connectivity index is 1.92. The normalized spacial score (nSPS) is 15.4. The van der Waals surface area contributed by atoms with Crippen LogP contribution in [-0.2, 0) is 6.42 Å². The highest BCUT2D eigenvalue weighted by molar-refractivity contribution is 6.31. The van der Waals surface area contributed by atoms with Crippen LogP contribution in [-0.4, -0.2) is 20.5 Å². The first-order valence-electron chi connectivity index (χ1n) is 10.1. The Kier molecular flexibility index (Phi) is 4.30. The van der Waals surface area contributed by atoms with Crippen LogP contribution in [0, 0.1) is 12.3 Å². The molecule has 2 aromatic heterocycles. The largest absolute Gasteiger partial charge is 0.294 e. The maximum atomic E-state index is 13.3. The van der Waals surface area contributed by atoms with Gasteiger partial charge < -0.3 is 0 Å². The number of rotatable bonds is 2. The molecule has 2 aromatic carbocycles. The van der Waals surface area contributed by atoms with E-state index >= 15 is 0 Å². The summed E-state index contributed by atoms with van der Waals surface area (Å²) in [6, 6.07) is 17.7. The van der Waals surface area contributed by atoms with Gasteiger partial charge in [0.15, 0.2) is 11.4 Å². The average Bonchev–Trinajstić information content (AvgIpc) is 3.02. The van der Waals surface area contributed by atoms with Crippen LogP contribution in [0.5, 0.6) is 0 Å². The Hall–Kier alpha value is -2.98. The monoisotopic (exact) mass is 415 g/mol. The molecule has 4 nitrogen and oxygen atoms in total. The molecule has 0 saturated carbocycles. The number of carbonyl (C=O) groups excluding carboxylic acids is 1. The molecule has 5 heteroatoms. The summed E-state index contributed by atoms with van der Waals surface area (Å²) < 4.78 is 1.88. The molecular formula is C25H22ClN3O. The van der Waals surface area contributed by atoms with Gasteiger partial charge in [0.1, 0.15) is 0 Å². The lowest BCUT2D eigenvalue weighted by atomic mass is 9.73. The molecule has 0 radical (unpaired) electrons. The minimum Gasteiger partial charge on any atom is -0.294 e. The molecule has 0 bridgehead atoms. The number of carbonyl (C=O) groups is 1. The standard InChI is InChI=1S/C25H22ClN3O/c1-15-21-22(16-8-7-9-17(26)12-16)23-19(13-25(2,3)14-20(23)30)27-24(21)29(28-15)18-10-5-4-6-11-18/h4-12H,13-14H2,1-3H3. The van der Waals surface area contributed by atoms with Crippen LogP contribution in [0.4, 0.5) is 0 Å². The molecule has 0 spiro atoms. The number of para-hydroxylation sites is 1. The Morgan fingerprint density at radius 2 is 1.77 bits per heavy atom. The van der Waals surface area contributed by atoms with E-state index in [2.05, 4.69) is 13.8 Å². The Labute approximate surface area is 180 Å². The van der Waals surface area contributed by atoms with E-state index < -0.39 is 0 Å². The predicted molar refractivity (Wildman–Crippen MR) is 120 cm³/mol. The number of pyridine rings is 1. The van der Waals surface area contributed by atoms with Crippen LogP contribution in [0.1, 0.15) is 42.0 Å². The van der Waals surface area contributed by atoms with E-state index in [9.17, 15) is 4.79 Å². The fourth-order valence-corrected chi connectivity index (χ4v) is 4.70. The van der Waals surface area contributed by atoms with Gasteiger partial charge in [-0.2, -0.15) is 5.10 Å². The molecule has 5 rings (SSSR count). The lowest BCUT2D eigenvalue weighted by molar-refractivity contribution is 0.0911. The molecule has 0 aliphatic heterocycles. The number of halogens is 1. The van der Waals surface area contributed by atoms with Gasteiger partial charge in [0, 0.05) is 22.6 Å². The zero-order valence-corrected chi connectivity index (χ0v) is 18.0. The average molecular weight is 416 g/mol. The van der Waals surface area contributed by atoms with Crippen LogP contribution in [0.3, 0.4) is 0 Å². The highest BCUT2D eigenvalue weighted by Gasteiger charge is 2.36. The summed E-state index contributed by atoms with van der Waals surface area (Å²) in [6.07, 6.45) is 1.25. The van der Waals surface area contributed by atoms with Gasteiger partial charge in [0.2, 0.25) is 0 Å². The lowest BCUT2D eigenvalue weighted by Crippen LogP contribution is -2.28. The van der Waals surface area contributed by atoms with Crippen LogP contribution < -0.4 is 0 Å². The zero-order valence-electron chi connectivity index (χ0n) is 17.2. The summed E-state index contributed by atoms with van der Waals surface area (Å²) in [5.74, 6) is 0.137. The molecule has 0 unspecified atom stereocenters. The second-order valence-electron chi connectivity index (χ2n) is 8.79. The van der Waals surface area contributed by atoms with Gasteiger partial charge in [-0.05, 0) is 48.6 Å². The van der Waals surface area contributed by atoms with E-state index in [1.807, 2.05) is 66.2 Å². The molecule has 0 N–H and O–H groups in total. The van der Waals surface area contributed by atoms with Crippen molar-refractivity contribution in [2.75, 3.05) is 0 Å². The topological polar surface area (TPSA) is 47.8 Å². The summed E-state index contributed by atoms with van der Waals surface area (Å²) in [5, 5.41) is 6.36.